The third-order valence-corrected chi connectivity index (χ3v) is 7.55. The molecule has 0 aliphatic heterocycles. The van der Waals surface area contributed by atoms with Crippen molar-refractivity contribution in [1.82, 2.24) is 10.6 Å². The molecule has 1 aromatic carbocycles. The average Bonchev–Trinajstić information content (AvgIpc) is 2.63. The summed E-state index contributed by atoms with van der Waals surface area (Å²) in [6, 6.07) is 7.67. The van der Waals surface area contributed by atoms with Crippen molar-refractivity contribution >= 4 is 39.3 Å². The van der Waals surface area contributed by atoms with Gasteiger partial charge < -0.3 is 15.4 Å². The number of hydrogen-bond donors (Lipinski definition) is 2. The highest BCUT2D eigenvalue weighted by Crippen LogP contribution is 2.55. The number of ether oxygens (including phenoxy) is 1. The van der Waals surface area contributed by atoms with Crippen molar-refractivity contribution < 1.29 is 14.3 Å². The van der Waals surface area contributed by atoms with Gasteiger partial charge in [-0.1, -0.05) is 22.0 Å². The summed E-state index contributed by atoms with van der Waals surface area (Å²) in [6.45, 7) is 3.61. The normalized spacial score (nSPS) is 32.7. The molecule has 4 bridgehead atoms. The van der Waals surface area contributed by atoms with Gasteiger partial charge >= 0.3 is 0 Å². The molecule has 0 heterocycles. The minimum Gasteiger partial charge on any atom is -0.478 e. The minimum absolute atomic E-state index is 0.00302. The summed E-state index contributed by atoms with van der Waals surface area (Å²) in [6.07, 6.45) is 5.11. The van der Waals surface area contributed by atoms with Crippen molar-refractivity contribution in [1.29, 1.82) is 0 Å². The third-order valence-electron chi connectivity index (χ3n) is 6.81. The summed E-state index contributed by atoms with van der Waals surface area (Å²) in [5, 5.41) is 6.51. The van der Waals surface area contributed by atoms with Gasteiger partial charge in [0.1, 0.15) is 11.6 Å². The molecule has 0 aromatic heterocycles. The highest BCUT2D eigenvalue weighted by molar-refractivity contribution is 9.10. The molecular formula is C22H28BrClN2O3. The Morgan fingerprint density at radius 1 is 1.24 bits per heavy atom. The number of nitrogens with one attached hydrogen (secondary N) is 2. The molecular weight excluding hydrogens is 456 g/mol. The number of benzene rings is 1. The second-order valence-corrected chi connectivity index (χ2v) is 10.7. The summed E-state index contributed by atoms with van der Waals surface area (Å²) in [5.74, 6) is 1.90. The van der Waals surface area contributed by atoms with Crippen molar-refractivity contribution in [2.45, 2.75) is 63.1 Å². The predicted molar refractivity (Wildman–Crippen MR) is 116 cm³/mol. The topological polar surface area (TPSA) is 67.4 Å². The van der Waals surface area contributed by atoms with Crippen LogP contribution in [-0.4, -0.2) is 34.9 Å². The first-order valence-electron chi connectivity index (χ1n) is 10.3. The second kappa shape index (κ2) is 7.77. The lowest BCUT2D eigenvalue weighted by Crippen LogP contribution is -2.67. The zero-order valence-electron chi connectivity index (χ0n) is 16.8. The van der Waals surface area contributed by atoms with E-state index < -0.39 is 5.60 Å². The Morgan fingerprint density at radius 2 is 1.93 bits per heavy atom. The molecule has 4 fully saturated rings. The fourth-order valence-electron chi connectivity index (χ4n) is 5.94. The molecule has 2 N–H and O–H groups in total. The van der Waals surface area contributed by atoms with Crippen LogP contribution in [0.25, 0.3) is 0 Å². The van der Waals surface area contributed by atoms with Crippen molar-refractivity contribution in [3.05, 3.63) is 28.7 Å². The molecule has 0 radical (unpaired) electrons. The van der Waals surface area contributed by atoms with Crippen LogP contribution in [0, 0.1) is 17.8 Å². The average molecular weight is 484 g/mol. The summed E-state index contributed by atoms with van der Waals surface area (Å²) in [4.78, 5) is 25.1. The van der Waals surface area contributed by atoms with Crippen LogP contribution in [0.4, 0.5) is 0 Å². The predicted octanol–water partition coefficient (Wildman–Crippen LogP) is 4.03. The summed E-state index contributed by atoms with van der Waals surface area (Å²) < 4.78 is 6.92. The van der Waals surface area contributed by atoms with Gasteiger partial charge in [0.05, 0.1) is 0 Å². The molecule has 5 rings (SSSR count). The Balaban J connectivity index is 1.44. The van der Waals surface area contributed by atoms with E-state index in [-0.39, 0.29) is 29.3 Å². The van der Waals surface area contributed by atoms with E-state index in [2.05, 4.69) is 26.6 Å². The summed E-state index contributed by atoms with van der Waals surface area (Å²) in [7, 11) is 0. The molecule has 158 valence electrons. The molecule has 1 aromatic rings. The number of halogens is 2. The molecule has 29 heavy (non-hydrogen) atoms. The quantitative estimate of drug-likeness (QED) is 0.601. The van der Waals surface area contributed by atoms with E-state index in [1.54, 1.807) is 0 Å². The van der Waals surface area contributed by atoms with Crippen LogP contribution >= 0.6 is 27.5 Å². The molecule has 4 saturated carbocycles. The molecule has 0 saturated heterocycles. The van der Waals surface area contributed by atoms with Crippen molar-refractivity contribution in [3.63, 3.8) is 0 Å². The maximum absolute atomic E-state index is 13.1. The number of alkyl halides is 1. The van der Waals surface area contributed by atoms with E-state index in [9.17, 15) is 9.59 Å². The Kier molecular flexibility index (Phi) is 5.62. The zero-order valence-corrected chi connectivity index (χ0v) is 19.2. The van der Waals surface area contributed by atoms with Gasteiger partial charge in [-0.25, -0.2) is 0 Å². The molecule has 5 atom stereocenters. The minimum atomic E-state index is -0.972. The van der Waals surface area contributed by atoms with Gasteiger partial charge in [-0.15, -0.1) is 11.6 Å². The molecule has 2 amide bonds. The second-order valence-electron chi connectivity index (χ2n) is 9.50. The van der Waals surface area contributed by atoms with Crippen molar-refractivity contribution in [2.24, 2.45) is 17.8 Å². The number of hydrogen-bond acceptors (Lipinski definition) is 3. The first kappa shape index (κ1) is 21.0. The van der Waals surface area contributed by atoms with E-state index in [0.717, 1.165) is 36.6 Å². The smallest absolute Gasteiger partial charge is 0.263 e. The lowest BCUT2D eigenvalue weighted by Gasteiger charge is -2.60. The number of rotatable bonds is 6. The monoisotopic (exact) mass is 482 g/mol. The lowest BCUT2D eigenvalue weighted by atomic mass is 9.51. The van der Waals surface area contributed by atoms with E-state index in [1.807, 2.05) is 38.1 Å². The fraction of sp³-hybridized carbons (Fsp3) is 0.636. The maximum Gasteiger partial charge on any atom is 0.263 e. The zero-order chi connectivity index (χ0) is 20.8. The standard InChI is InChI=1S/C22H28BrClN2O3/c1-21(2,29-17-5-3-4-16(23)8-17)20(28)25-19-14-6-13-7-15(19)11-22(9-13,10-14)26-18(27)12-24/h3-5,8,13-15,19H,6-7,9-12H2,1-2H3,(H,25,28)(H,26,27)/t13?,14-,15+,19?,22?. The van der Waals surface area contributed by atoms with Gasteiger partial charge in [-0.05, 0) is 81.9 Å². The first-order chi connectivity index (χ1) is 13.7. The van der Waals surface area contributed by atoms with Crippen LogP contribution in [0.15, 0.2) is 28.7 Å². The fourth-order valence-corrected chi connectivity index (χ4v) is 6.38. The highest BCUT2D eigenvalue weighted by Gasteiger charge is 2.56. The van der Waals surface area contributed by atoms with Gasteiger partial charge in [-0.2, -0.15) is 0 Å². The Hall–Kier alpha value is -1.27. The molecule has 7 heteroatoms. The highest BCUT2D eigenvalue weighted by atomic mass is 79.9. The van der Waals surface area contributed by atoms with E-state index in [4.69, 9.17) is 16.3 Å². The lowest BCUT2D eigenvalue weighted by molar-refractivity contribution is -0.140. The van der Waals surface area contributed by atoms with Crippen LogP contribution in [0.3, 0.4) is 0 Å². The molecule has 5 nitrogen and oxygen atoms in total. The molecule has 3 unspecified atom stereocenters. The van der Waals surface area contributed by atoms with Crippen LogP contribution in [0.2, 0.25) is 0 Å². The number of carbonyl (C=O) groups is 2. The van der Waals surface area contributed by atoms with Crippen molar-refractivity contribution in [3.8, 4) is 5.75 Å². The van der Waals surface area contributed by atoms with E-state index in [1.165, 1.54) is 0 Å². The van der Waals surface area contributed by atoms with Crippen LogP contribution in [0.1, 0.15) is 46.0 Å². The Morgan fingerprint density at radius 3 is 2.55 bits per heavy atom. The summed E-state index contributed by atoms with van der Waals surface area (Å²) >= 11 is 9.17. The largest absolute Gasteiger partial charge is 0.478 e. The molecule has 4 aliphatic carbocycles. The summed E-state index contributed by atoms with van der Waals surface area (Å²) in [5.41, 5.74) is -1.11. The maximum atomic E-state index is 13.1. The SMILES string of the molecule is CC(C)(Oc1cccc(Br)c1)C(=O)NC1[C@@H]2CC3C[C@H]1CC(NC(=O)CCl)(C3)C2. The third kappa shape index (κ3) is 4.29. The molecule has 0 spiro atoms. The van der Waals surface area contributed by atoms with E-state index >= 15 is 0 Å². The van der Waals surface area contributed by atoms with Crippen molar-refractivity contribution in [2.75, 3.05) is 5.88 Å². The Labute approximate surface area is 185 Å². The molecule has 4 aliphatic rings. The van der Waals surface area contributed by atoms with E-state index in [0.29, 0.717) is 23.5 Å². The van der Waals surface area contributed by atoms with Gasteiger partial charge in [-0.3, -0.25) is 9.59 Å². The van der Waals surface area contributed by atoms with Gasteiger partial charge in [0.25, 0.3) is 5.91 Å². The first-order valence-corrected chi connectivity index (χ1v) is 11.6. The van der Waals surface area contributed by atoms with Gasteiger partial charge in [0.15, 0.2) is 5.60 Å². The van der Waals surface area contributed by atoms with Crippen LogP contribution in [0.5, 0.6) is 5.75 Å². The Bertz CT molecular complexity index is 799. The van der Waals surface area contributed by atoms with Crippen LogP contribution in [-0.2, 0) is 9.59 Å². The van der Waals surface area contributed by atoms with Gasteiger partial charge in [0.2, 0.25) is 5.91 Å². The van der Waals surface area contributed by atoms with Crippen LogP contribution < -0.4 is 15.4 Å². The number of amides is 2. The van der Waals surface area contributed by atoms with Gasteiger partial charge in [0, 0.05) is 16.1 Å². The number of carbonyl (C=O) groups excluding carboxylic acids is 2.